The summed E-state index contributed by atoms with van der Waals surface area (Å²) < 4.78 is 2.18. The molecule has 0 spiro atoms. The number of carbonyl (C=O) groups excluding carboxylic acids is 2. The molecule has 2 unspecified atom stereocenters. The van der Waals surface area contributed by atoms with Gasteiger partial charge in [0.05, 0.1) is 58.5 Å². The predicted molar refractivity (Wildman–Crippen MR) is 182 cm³/mol. The van der Waals surface area contributed by atoms with Gasteiger partial charge in [0.25, 0.3) is 5.91 Å². The van der Waals surface area contributed by atoms with Crippen molar-refractivity contribution in [3.8, 4) is 11.1 Å². The fraction of sp³-hybridized carbons (Fsp3) is 0.382. The van der Waals surface area contributed by atoms with Crippen molar-refractivity contribution in [3.63, 3.8) is 0 Å². The van der Waals surface area contributed by atoms with Crippen LogP contribution in [0.2, 0.25) is 0 Å². The summed E-state index contributed by atoms with van der Waals surface area (Å²) in [5.74, 6) is 0.0887. The SMILES string of the molecule is CCC1c2c(cnn2C2CN(Cc3cccc(C(=O)N4CCCC4C=O)n3)C2)-c2cccc(NC(=C/C(N)=NC)/C(N)=C\O)c2N1C. The van der Waals surface area contributed by atoms with Crippen LogP contribution in [0.5, 0.6) is 0 Å². The van der Waals surface area contributed by atoms with Gasteiger partial charge in [0, 0.05) is 57.5 Å². The third kappa shape index (κ3) is 5.94. The van der Waals surface area contributed by atoms with Gasteiger partial charge < -0.3 is 36.5 Å². The number of nitrogens with zero attached hydrogens (tertiary/aromatic N) is 7. The Kier molecular flexibility index (Phi) is 8.99. The van der Waals surface area contributed by atoms with E-state index in [0.29, 0.717) is 30.9 Å². The Morgan fingerprint density at radius 3 is 2.68 bits per heavy atom. The number of hydrogen-bond donors (Lipinski definition) is 4. The number of amides is 1. The number of nitrogens with two attached hydrogens (primary N) is 2. The van der Waals surface area contributed by atoms with Crippen molar-refractivity contribution >= 4 is 29.4 Å². The van der Waals surface area contributed by atoms with E-state index in [1.165, 1.54) is 5.69 Å². The van der Waals surface area contributed by atoms with Crippen molar-refractivity contribution in [2.45, 2.75) is 50.9 Å². The van der Waals surface area contributed by atoms with E-state index in [9.17, 15) is 14.7 Å². The number of aliphatic hydroxyl groups is 1. The molecule has 6 rings (SSSR count). The van der Waals surface area contributed by atoms with Gasteiger partial charge >= 0.3 is 0 Å². The lowest BCUT2D eigenvalue weighted by atomic mass is 9.91. The van der Waals surface area contributed by atoms with Crippen LogP contribution < -0.4 is 21.7 Å². The quantitative estimate of drug-likeness (QED) is 0.0849. The number of rotatable bonds is 10. The first kappa shape index (κ1) is 31.8. The van der Waals surface area contributed by atoms with Gasteiger partial charge in [0.15, 0.2) is 0 Å². The molecule has 246 valence electrons. The second-order valence-corrected chi connectivity index (χ2v) is 12.2. The average Bonchev–Trinajstić information content (AvgIpc) is 3.73. The van der Waals surface area contributed by atoms with Crippen LogP contribution in [0.25, 0.3) is 11.1 Å². The zero-order valence-corrected chi connectivity index (χ0v) is 27.0. The monoisotopic (exact) mass is 638 g/mol. The van der Waals surface area contributed by atoms with Gasteiger partial charge in [0.1, 0.15) is 24.1 Å². The van der Waals surface area contributed by atoms with Gasteiger partial charge in [-0.25, -0.2) is 4.98 Å². The standard InChI is InChI=1S/C34H42N10O3/c1-4-30-33-25(24-10-6-11-27(32(24)41(30)3)40-29(26(35)20-46)14-31(36)37-2)15-38-44(33)23-17-42(18-23)16-21-8-5-12-28(39-21)34(47)43-13-7-9-22(43)19-45/h5-6,8,10-12,14-15,19-20,22-23,30,40,46H,4,7,9,13,16-18,35H2,1-3H3,(H2,36,37)/b26-20+,29-14+. The molecule has 1 aromatic carbocycles. The van der Waals surface area contributed by atoms with E-state index >= 15 is 0 Å². The van der Waals surface area contributed by atoms with Crippen LogP contribution in [0, 0.1) is 0 Å². The molecule has 0 aliphatic carbocycles. The normalized spacial score (nSPS) is 20.5. The van der Waals surface area contributed by atoms with Gasteiger partial charge in [-0.1, -0.05) is 25.1 Å². The Balaban J connectivity index is 1.21. The van der Waals surface area contributed by atoms with Gasteiger partial charge in [-0.05, 0) is 37.5 Å². The molecule has 0 bridgehead atoms. The lowest BCUT2D eigenvalue weighted by molar-refractivity contribution is -0.111. The summed E-state index contributed by atoms with van der Waals surface area (Å²) >= 11 is 0. The average molecular weight is 639 g/mol. The summed E-state index contributed by atoms with van der Waals surface area (Å²) in [4.78, 5) is 39.4. The molecule has 2 fully saturated rings. The second kappa shape index (κ2) is 13.3. The van der Waals surface area contributed by atoms with Crippen LogP contribution >= 0.6 is 0 Å². The minimum Gasteiger partial charge on any atom is -0.513 e. The Hall–Kier alpha value is -5.17. The van der Waals surface area contributed by atoms with E-state index in [1.54, 1.807) is 24.1 Å². The van der Waals surface area contributed by atoms with E-state index < -0.39 is 0 Å². The van der Waals surface area contributed by atoms with E-state index in [1.807, 2.05) is 30.5 Å². The van der Waals surface area contributed by atoms with E-state index in [-0.39, 0.29) is 35.6 Å². The largest absolute Gasteiger partial charge is 0.513 e. The first-order valence-electron chi connectivity index (χ1n) is 16.0. The molecule has 0 radical (unpaired) electrons. The van der Waals surface area contributed by atoms with Crippen LogP contribution in [-0.2, 0) is 11.3 Å². The lowest BCUT2D eigenvalue weighted by Gasteiger charge is -2.43. The van der Waals surface area contributed by atoms with Crippen LogP contribution in [-0.4, -0.2) is 87.5 Å². The number of pyridine rings is 1. The number of fused-ring (bicyclic) bond motifs is 3. The van der Waals surface area contributed by atoms with Gasteiger partial charge in [-0.2, -0.15) is 5.10 Å². The third-order valence-electron chi connectivity index (χ3n) is 9.37. The summed E-state index contributed by atoms with van der Waals surface area (Å²) in [5.41, 5.74) is 19.0. The fourth-order valence-electron chi connectivity index (χ4n) is 6.94. The third-order valence-corrected chi connectivity index (χ3v) is 9.37. The first-order chi connectivity index (χ1) is 22.8. The highest BCUT2D eigenvalue weighted by Crippen LogP contribution is 2.49. The molecule has 3 aliphatic heterocycles. The maximum absolute atomic E-state index is 13.1. The minimum absolute atomic E-state index is 0.0718. The van der Waals surface area contributed by atoms with Crippen LogP contribution in [0.15, 0.2) is 71.3 Å². The van der Waals surface area contributed by atoms with Crippen molar-refractivity contribution in [1.82, 2.24) is 24.6 Å². The smallest absolute Gasteiger partial charge is 0.273 e. The molecule has 2 aromatic heterocycles. The number of anilines is 2. The Labute approximate surface area is 274 Å². The molecule has 0 saturated carbocycles. The van der Waals surface area contributed by atoms with Gasteiger partial charge in [-0.15, -0.1) is 0 Å². The molecular formula is C34H42N10O3. The number of aliphatic hydroxyl groups excluding tert-OH is 1. The zero-order chi connectivity index (χ0) is 33.2. The van der Waals surface area contributed by atoms with Crippen molar-refractivity contribution in [2.75, 3.05) is 43.9 Å². The summed E-state index contributed by atoms with van der Waals surface area (Å²) in [7, 11) is 3.67. The Morgan fingerprint density at radius 2 is 1.96 bits per heavy atom. The maximum Gasteiger partial charge on any atom is 0.273 e. The van der Waals surface area contributed by atoms with E-state index in [2.05, 4.69) is 49.8 Å². The first-order valence-corrected chi connectivity index (χ1v) is 16.0. The minimum atomic E-state index is -0.360. The number of nitrogens with one attached hydrogen (secondary N) is 1. The highest BCUT2D eigenvalue weighted by atomic mass is 16.2. The molecule has 2 atom stereocenters. The number of hydrogen-bond acceptors (Lipinski definition) is 10. The molecule has 13 nitrogen and oxygen atoms in total. The number of likely N-dealkylation sites (tertiary alicyclic amines) is 2. The Morgan fingerprint density at radius 1 is 1.17 bits per heavy atom. The molecule has 47 heavy (non-hydrogen) atoms. The van der Waals surface area contributed by atoms with Crippen molar-refractivity contribution in [1.29, 1.82) is 0 Å². The highest BCUT2D eigenvalue weighted by Gasteiger charge is 2.38. The number of aliphatic imine (C=N–C) groups is 1. The molecule has 1 amide bonds. The molecular weight excluding hydrogens is 596 g/mol. The Bertz CT molecular complexity index is 1760. The molecule has 3 aromatic rings. The number of para-hydroxylation sites is 1. The van der Waals surface area contributed by atoms with Crippen LogP contribution in [0.1, 0.15) is 60.1 Å². The summed E-state index contributed by atoms with van der Waals surface area (Å²) in [6.45, 7) is 5.00. The molecule has 6 N–H and O–H groups in total. The van der Waals surface area contributed by atoms with Crippen molar-refractivity contribution in [3.05, 3.63) is 83.4 Å². The van der Waals surface area contributed by atoms with E-state index in [0.717, 1.165) is 66.7 Å². The van der Waals surface area contributed by atoms with Crippen molar-refractivity contribution < 1.29 is 14.7 Å². The summed E-state index contributed by atoms with van der Waals surface area (Å²) in [6.07, 6.45) is 7.65. The molecule has 3 aliphatic rings. The van der Waals surface area contributed by atoms with Crippen LogP contribution in [0.3, 0.4) is 0 Å². The van der Waals surface area contributed by atoms with Gasteiger partial charge in [0.2, 0.25) is 0 Å². The maximum atomic E-state index is 13.1. The number of amidine groups is 1. The summed E-state index contributed by atoms with van der Waals surface area (Å²) in [6, 6.07) is 11.5. The van der Waals surface area contributed by atoms with Crippen LogP contribution in [0.4, 0.5) is 11.4 Å². The molecule has 2 saturated heterocycles. The number of carbonyl (C=O) groups is 2. The fourth-order valence-corrected chi connectivity index (χ4v) is 6.94. The second-order valence-electron chi connectivity index (χ2n) is 12.2. The summed E-state index contributed by atoms with van der Waals surface area (Å²) in [5, 5.41) is 17.9. The lowest BCUT2D eigenvalue weighted by Crippen LogP contribution is -2.48. The molecule has 5 heterocycles. The topological polar surface area (TPSA) is 171 Å². The van der Waals surface area contributed by atoms with Crippen molar-refractivity contribution in [2.24, 2.45) is 16.5 Å². The highest BCUT2D eigenvalue weighted by molar-refractivity contribution is 5.96. The number of aromatic nitrogens is 3. The zero-order valence-electron chi connectivity index (χ0n) is 27.0. The van der Waals surface area contributed by atoms with E-state index in [4.69, 9.17) is 16.6 Å². The number of benzene rings is 1. The molecule has 13 heteroatoms. The predicted octanol–water partition coefficient (Wildman–Crippen LogP) is 3.35. The number of aldehydes is 1. The van der Waals surface area contributed by atoms with Gasteiger partial charge in [-0.3, -0.25) is 19.4 Å².